The zero-order valence-corrected chi connectivity index (χ0v) is 19.9. The van der Waals surface area contributed by atoms with Crippen LogP contribution < -0.4 is 11.1 Å². The molecule has 4 rings (SSSR count). The van der Waals surface area contributed by atoms with Crippen molar-refractivity contribution in [1.82, 2.24) is 9.97 Å². The second-order valence-corrected chi connectivity index (χ2v) is 10.5. The summed E-state index contributed by atoms with van der Waals surface area (Å²) in [6.45, 7) is 0.538. The van der Waals surface area contributed by atoms with Crippen LogP contribution >= 0.6 is 11.6 Å². The Hall–Kier alpha value is -2.09. The molecular formula is C24H35ClN4O4. The number of nitrogens with zero attached hydrogens (tertiary/aromatic N) is 2. The molecule has 0 radical (unpaired) electrons. The van der Waals surface area contributed by atoms with Crippen LogP contribution in [0.1, 0.15) is 77.0 Å². The summed E-state index contributed by atoms with van der Waals surface area (Å²) in [5, 5.41) is 3.60. The van der Waals surface area contributed by atoms with Crippen molar-refractivity contribution in [2.45, 2.75) is 83.1 Å². The predicted molar refractivity (Wildman–Crippen MR) is 126 cm³/mol. The van der Waals surface area contributed by atoms with Gasteiger partial charge in [-0.15, -0.1) is 0 Å². The summed E-state index contributed by atoms with van der Waals surface area (Å²) in [4.78, 5) is 33.3. The SMILES string of the molecule is Nc1nc(Cl)cc(NC2CC(COC(=O)C3CCCCC3)(COC(=O)C3CCCCC3)C2)n1. The van der Waals surface area contributed by atoms with Crippen LogP contribution in [-0.4, -0.2) is 41.2 Å². The lowest BCUT2D eigenvalue weighted by molar-refractivity contribution is -0.165. The van der Waals surface area contributed by atoms with Gasteiger partial charge in [-0.25, -0.2) is 4.98 Å². The van der Waals surface area contributed by atoms with Crippen LogP contribution in [-0.2, 0) is 19.1 Å². The summed E-state index contributed by atoms with van der Waals surface area (Å²) in [5.41, 5.74) is 5.31. The van der Waals surface area contributed by atoms with E-state index in [0.29, 0.717) is 18.7 Å². The normalized spacial score (nSPS) is 21.7. The fourth-order valence-electron chi connectivity index (χ4n) is 5.44. The molecule has 1 aromatic rings. The number of carbonyl (C=O) groups excluding carboxylic acids is 2. The van der Waals surface area contributed by atoms with E-state index in [1.165, 1.54) is 12.8 Å². The topological polar surface area (TPSA) is 116 Å². The molecule has 8 nitrogen and oxygen atoms in total. The Kier molecular flexibility index (Phi) is 7.94. The second-order valence-electron chi connectivity index (χ2n) is 10.1. The highest BCUT2D eigenvalue weighted by Crippen LogP contribution is 2.44. The minimum atomic E-state index is -0.380. The number of esters is 2. The summed E-state index contributed by atoms with van der Waals surface area (Å²) in [6, 6.07) is 1.72. The Balaban J connectivity index is 1.34. The highest BCUT2D eigenvalue weighted by molar-refractivity contribution is 6.29. The molecule has 0 aromatic carbocycles. The van der Waals surface area contributed by atoms with E-state index in [9.17, 15) is 9.59 Å². The van der Waals surface area contributed by atoms with E-state index in [2.05, 4.69) is 15.3 Å². The number of hydrogen-bond acceptors (Lipinski definition) is 8. The summed E-state index contributed by atoms with van der Waals surface area (Å²) in [5.74, 6) is 0.447. The first-order chi connectivity index (χ1) is 15.9. The van der Waals surface area contributed by atoms with Crippen LogP contribution in [0.15, 0.2) is 6.07 Å². The van der Waals surface area contributed by atoms with Gasteiger partial charge in [0.25, 0.3) is 0 Å². The molecular weight excluding hydrogens is 444 g/mol. The third-order valence-corrected chi connectivity index (χ3v) is 7.53. The number of nitrogens with two attached hydrogens (primary N) is 1. The monoisotopic (exact) mass is 478 g/mol. The number of nitrogen functional groups attached to an aromatic ring is 1. The van der Waals surface area contributed by atoms with Gasteiger partial charge < -0.3 is 20.5 Å². The van der Waals surface area contributed by atoms with Gasteiger partial charge in [0.1, 0.15) is 24.2 Å². The van der Waals surface area contributed by atoms with Crippen LogP contribution in [0, 0.1) is 17.3 Å². The van der Waals surface area contributed by atoms with Gasteiger partial charge in [0, 0.05) is 17.5 Å². The molecule has 0 aliphatic heterocycles. The van der Waals surface area contributed by atoms with Gasteiger partial charge in [-0.05, 0) is 38.5 Å². The first-order valence-electron chi connectivity index (χ1n) is 12.3. The Bertz CT molecular complexity index is 778. The first-order valence-corrected chi connectivity index (χ1v) is 12.7. The highest BCUT2D eigenvalue weighted by atomic mass is 35.5. The molecule has 0 atom stereocenters. The Morgan fingerprint density at radius 2 is 1.45 bits per heavy atom. The third-order valence-electron chi connectivity index (χ3n) is 7.34. The summed E-state index contributed by atoms with van der Waals surface area (Å²) >= 11 is 5.98. The molecule has 1 aromatic heterocycles. The zero-order valence-electron chi connectivity index (χ0n) is 19.2. The van der Waals surface area contributed by atoms with Gasteiger partial charge in [0.15, 0.2) is 0 Å². The van der Waals surface area contributed by atoms with E-state index in [1.807, 2.05) is 0 Å². The molecule has 0 unspecified atom stereocenters. The molecule has 0 spiro atoms. The van der Waals surface area contributed by atoms with Gasteiger partial charge in [-0.2, -0.15) is 4.98 Å². The van der Waals surface area contributed by atoms with Gasteiger partial charge in [-0.1, -0.05) is 50.1 Å². The van der Waals surface area contributed by atoms with E-state index >= 15 is 0 Å². The number of ether oxygens (including phenoxy) is 2. The Morgan fingerprint density at radius 3 is 1.94 bits per heavy atom. The molecule has 0 amide bonds. The van der Waals surface area contributed by atoms with Crippen molar-refractivity contribution in [1.29, 1.82) is 0 Å². The quantitative estimate of drug-likeness (QED) is 0.413. The van der Waals surface area contributed by atoms with E-state index in [-0.39, 0.29) is 59.5 Å². The van der Waals surface area contributed by atoms with Crippen molar-refractivity contribution in [2.24, 2.45) is 17.3 Å². The number of hydrogen-bond donors (Lipinski definition) is 2. The highest BCUT2D eigenvalue weighted by Gasteiger charge is 2.47. The molecule has 9 heteroatoms. The van der Waals surface area contributed by atoms with Crippen molar-refractivity contribution in [2.75, 3.05) is 24.3 Å². The van der Waals surface area contributed by atoms with Crippen molar-refractivity contribution in [3.05, 3.63) is 11.2 Å². The van der Waals surface area contributed by atoms with E-state index in [1.54, 1.807) is 6.07 Å². The lowest BCUT2D eigenvalue weighted by atomic mass is 9.66. The van der Waals surface area contributed by atoms with Crippen LogP contribution in [0.25, 0.3) is 0 Å². The number of rotatable bonds is 8. The minimum Gasteiger partial charge on any atom is -0.465 e. The van der Waals surface area contributed by atoms with Crippen molar-refractivity contribution in [3.8, 4) is 0 Å². The summed E-state index contributed by atoms with van der Waals surface area (Å²) in [6.07, 6.45) is 11.7. The van der Waals surface area contributed by atoms with Gasteiger partial charge in [-0.3, -0.25) is 9.59 Å². The van der Waals surface area contributed by atoms with E-state index in [0.717, 1.165) is 51.4 Å². The van der Waals surface area contributed by atoms with Crippen molar-refractivity contribution < 1.29 is 19.1 Å². The summed E-state index contributed by atoms with van der Waals surface area (Å²) < 4.78 is 11.6. The number of nitrogens with one attached hydrogen (secondary N) is 1. The van der Waals surface area contributed by atoms with Crippen LogP contribution in [0.2, 0.25) is 5.15 Å². The van der Waals surface area contributed by atoms with Crippen LogP contribution in [0.3, 0.4) is 0 Å². The molecule has 0 bridgehead atoms. The van der Waals surface area contributed by atoms with Gasteiger partial charge >= 0.3 is 11.9 Å². The lowest BCUT2D eigenvalue weighted by Gasteiger charge is -2.47. The largest absolute Gasteiger partial charge is 0.465 e. The van der Waals surface area contributed by atoms with Crippen LogP contribution in [0.5, 0.6) is 0 Å². The standard InChI is InChI=1S/C24H35ClN4O4/c25-19-11-20(29-23(26)28-19)27-18-12-24(13-18,14-32-21(30)16-7-3-1-4-8-16)15-33-22(31)17-9-5-2-6-10-17/h11,16-18H,1-10,12-15H2,(H3,26,27,28,29). The molecule has 182 valence electrons. The maximum atomic E-state index is 12.6. The van der Waals surface area contributed by atoms with E-state index in [4.69, 9.17) is 26.8 Å². The van der Waals surface area contributed by atoms with Crippen molar-refractivity contribution in [3.63, 3.8) is 0 Å². The fraction of sp³-hybridized carbons (Fsp3) is 0.750. The van der Waals surface area contributed by atoms with Gasteiger partial charge in [0.05, 0.1) is 11.8 Å². The number of carbonyl (C=O) groups is 2. The zero-order chi connectivity index (χ0) is 23.3. The third kappa shape index (κ3) is 6.49. The molecule has 0 saturated heterocycles. The van der Waals surface area contributed by atoms with Crippen LogP contribution in [0.4, 0.5) is 11.8 Å². The maximum absolute atomic E-state index is 12.6. The molecule has 33 heavy (non-hydrogen) atoms. The minimum absolute atomic E-state index is 0.000670. The average molecular weight is 479 g/mol. The predicted octanol–water partition coefficient (Wildman–Crippen LogP) is 4.52. The summed E-state index contributed by atoms with van der Waals surface area (Å²) in [7, 11) is 0. The molecule has 1 heterocycles. The fourth-order valence-corrected chi connectivity index (χ4v) is 5.63. The van der Waals surface area contributed by atoms with Crippen molar-refractivity contribution >= 4 is 35.3 Å². The molecule has 3 saturated carbocycles. The number of anilines is 2. The smallest absolute Gasteiger partial charge is 0.308 e. The first kappa shape index (κ1) is 24.0. The lowest BCUT2D eigenvalue weighted by Crippen LogP contribution is -2.52. The Morgan fingerprint density at radius 1 is 0.939 bits per heavy atom. The number of halogens is 1. The maximum Gasteiger partial charge on any atom is 0.308 e. The molecule has 3 aliphatic carbocycles. The van der Waals surface area contributed by atoms with Gasteiger partial charge in [0.2, 0.25) is 5.95 Å². The Labute approximate surface area is 200 Å². The van der Waals surface area contributed by atoms with E-state index < -0.39 is 0 Å². The number of aromatic nitrogens is 2. The molecule has 3 fully saturated rings. The second kappa shape index (κ2) is 10.9. The average Bonchev–Trinajstić information content (AvgIpc) is 2.79. The molecule has 3 aliphatic rings. The molecule has 3 N–H and O–H groups in total.